The van der Waals surface area contributed by atoms with Gasteiger partial charge in [0, 0.05) is 16.9 Å². The highest BCUT2D eigenvalue weighted by atomic mass is 32.1. The molecule has 0 saturated carbocycles. The first-order chi connectivity index (χ1) is 9.60. The molecule has 0 aliphatic carbocycles. The van der Waals surface area contributed by atoms with Crippen molar-refractivity contribution in [3.8, 4) is 0 Å². The van der Waals surface area contributed by atoms with Gasteiger partial charge < -0.3 is 20.4 Å². The minimum Gasteiger partial charge on any atom is -0.481 e. The number of carboxylic acids is 2. The Hall–Kier alpha value is -0.440. The molecular weight excluding hydrogens is 316 g/mol. The molecule has 0 rings (SSSR count). The van der Waals surface area contributed by atoms with Gasteiger partial charge in [0.25, 0.3) is 0 Å². The number of aliphatic hydroxyl groups is 2. The molecule has 0 aliphatic rings. The summed E-state index contributed by atoms with van der Waals surface area (Å²) in [7, 11) is 0. The third kappa shape index (κ3) is 19.6. The predicted octanol–water partition coefficient (Wildman–Crippen LogP) is 1.91. The summed E-state index contributed by atoms with van der Waals surface area (Å²) in [5, 5.41) is 33.4. The fraction of sp³-hybridized carbons (Fsp3) is 0.846. The molecule has 0 aliphatic heterocycles. The van der Waals surface area contributed by atoms with E-state index in [1.54, 1.807) is 0 Å². The number of aliphatic hydroxyl groups excluding tert-OH is 1. The van der Waals surface area contributed by atoms with Crippen molar-refractivity contribution >= 4 is 37.2 Å². The lowest BCUT2D eigenvalue weighted by molar-refractivity contribution is -0.137. The van der Waals surface area contributed by atoms with Crippen LogP contribution in [0.2, 0.25) is 0 Å². The van der Waals surface area contributed by atoms with Gasteiger partial charge in [-0.1, -0.05) is 20.8 Å². The minimum atomic E-state index is -1.17. The molecule has 0 fully saturated rings. The molecule has 0 radical (unpaired) electrons. The number of thiol groups is 2. The fourth-order valence-electron chi connectivity index (χ4n) is 0.806. The molecule has 0 aromatic carbocycles. The van der Waals surface area contributed by atoms with Gasteiger partial charge >= 0.3 is 11.9 Å². The average Bonchev–Trinajstić information content (AvgIpc) is 2.38. The molecule has 0 heterocycles. The van der Waals surface area contributed by atoms with Gasteiger partial charge in [0.1, 0.15) is 0 Å². The third-order valence-corrected chi connectivity index (χ3v) is 3.34. The molecule has 0 bridgehead atoms. The van der Waals surface area contributed by atoms with Crippen molar-refractivity contribution in [3.05, 3.63) is 0 Å². The summed E-state index contributed by atoms with van der Waals surface area (Å²) >= 11 is 7.36. The van der Waals surface area contributed by atoms with Gasteiger partial charge in [-0.3, -0.25) is 9.59 Å². The number of hydrogen-bond donors (Lipinski definition) is 6. The van der Waals surface area contributed by atoms with Crippen LogP contribution in [0.1, 0.15) is 46.5 Å². The van der Waals surface area contributed by atoms with Crippen molar-refractivity contribution < 1.29 is 30.0 Å². The van der Waals surface area contributed by atoms with E-state index in [0.29, 0.717) is 11.5 Å². The fourth-order valence-corrected chi connectivity index (χ4v) is 1.19. The Morgan fingerprint density at radius 2 is 1.24 bits per heavy atom. The number of hydrogen-bond acceptors (Lipinski definition) is 6. The van der Waals surface area contributed by atoms with Crippen LogP contribution in [0, 0.1) is 5.41 Å². The Kier molecular flexibility index (Phi) is 19.4. The van der Waals surface area contributed by atoms with Crippen molar-refractivity contribution in [2.24, 2.45) is 5.41 Å². The van der Waals surface area contributed by atoms with Crippen LogP contribution in [0.15, 0.2) is 0 Å². The van der Waals surface area contributed by atoms with E-state index in [-0.39, 0.29) is 18.3 Å². The largest absolute Gasteiger partial charge is 0.481 e. The summed E-state index contributed by atoms with van der Waals surface area (Å²) < 4.78 is 0. The molecule has 0 aromatic rings. The van der Waals surface area contributed by atoms with Crippen LogP contribution >= 0.6 is 25.3 Å². The zero-order valence-electron chi connectivity index (χ0n) is 12.8. The van der Waals surface area contributed by atoms with Crippen LogP contribution in [0.25, 0.3) is 0 Å². The van der Waals surface area contributed by atoms with Crippen LogP contribution in [0.5, 0.6) is 0 Å². The summed E-state index contributed by atoms with van der Waals surface area (Å²) in [5.74, 6) is -0.722. The zero-order chi connectivity index (χ0) is 17.5. The Balaban J connectivity index is -0.000000240. The summed E-state index contributed by atoms with van der Waals surface area (Å²) in [5.41, 5.74) is -0.306. The van der Waals surface area contributed by atoms with E-state index in [1.807, 2.05) is 20.8 Å². The van der Waals surface area contributed by atoms with Gasteiger partial charge in [0.2, 0.25) is 0 Å². The molecule has 4 N–H and O–H groups in total. The maximum absolute atomic E-state index is 9.55. The molecule has 0 unspecified atom stereocenters. The van der Waals surface area contributed by atoms with Crippen LogP contribution < -0.4 is 0 Å². The Labute approximate surface area is 137 Å². The highest BCUT2D eigenvalue weighted by Gasteiger charge is 2.26. The number of rotatable bonds is 7. The first-order valence-corrected chi connectivity index (χ1v) is 7.89. The van der Waals surface area contributed by atoms with Gasteiger partial charge in [-0.15, -0.1) is 0 Å². The first kappa shape index (κ1) is 25.5. The van der Waals surface area contributed by atoms with E-state index in [4.69, 9.17) is 20.4 Å². The molecule has 6 nitrogen and oxygen atoms in total. The van der Waals surface area contributed by atoms with Crippen LogP contribution in [-0.2, 0) is 9.59 Å². The predicted molar refractivity (Wildman–Crippen MR) is 89.1 cm³/mol. The Morgan fingerprint density at radius 3 is 1.24 bits per heavy atom. The topological polar surface area (TPSA) is 115 Å². The van der Waals surface area contributed by atoms with Gasteiger partial charge in [-0.25, -0.2) is 0 Å². The first-order valence-electron chi connectivity index (χ1n) is 6.62. The van der Waals surface area contributed by atoms with Gasteiger partial charge in [-0.05, 0) is 12.8 Å². The third-order valence-electron chi connectivity index (χ3n) is 2.89. The smallest absolute Gasteiger partial charge is 0.304 e. The van der Waals surface area contributed by atoms with Crippen molar-refractivity contribution in [1.82, 2.24) is 0 Å². The standard InChI is InChI=1S/C7H16O2.2C3H6O2S/c1-4-7(3,5-2)6(8)9;2*4-3(5)1-2-6/h6,8-9H,4-5H2,1-3H3;2*6H,1-2H2,(H,4,5). The normalized spacial score (nSPS) is 10.1. The Morgan fingerprint density at radius 1 is 0.952 bits per heavy atom. The summed E-state index contributed by atoms with van der Waals surface area (Å²) in [6.45, 7) is 5.80. The molecule has 0 amide bonds. The molecule has 128 valence electrons. The van der Waals surface area contributed by atoms with Crippen molar-refractivity contribution in [1.29, 1.82) is 0 Å². The second kappa shape index (κ2) is 15.9. The van der Waals surface area contributed by atoms with Crippen molar-refractivity contribution in [2.75, 3.05) is 11.5 Å². The number of carboxylic acid groups (broad SMARTS) is 2. The number of aliphatic carboxylic acids is 2. The lowest BCUT2D eigenvalue weighted by Crippen LogP contribution is -2.30. The van der Waals surface area contributed by atoms with E-state index >= 15 is 0 Å². The highest BCUT2D eigenvalue weighted by molar-refractivity contribution is 7.80. The Bertz CT molecular complexity index is 251. The minimum absolute atomic E-state index is 0.156. The summed E-state index contributed by atoms with van der Waals surface area (Å²) in [4.78, 5) is 19.1. The number of carbonyl (C=O) groups is 2. The molecule has 0 atom stereocenters. The molecule has 0 aromatic heterocycles. The quantitative estimate of drug-likeness (QED) is 0.310. The SMILES string of the molecule is CCC(C)(CC)C(O)O.O=C(O)CCS.O=C(O)CCS. The zero-order valence-corrected chi connectivity index (χ0v) is 14.6. The summed E-state index contributed by atoms with van der Waals surface area (Å²) in [6.07, 6.45) is 0.752. The van der Waals surface area contributed by atoms with E-state index in [1.165, 1.54) is 0 Å². The van der Waals surface area contributed by atoms with Crippen LogP contribution in [0.4, 0.5) is 0 Å². The molecule has 21 heavy (non-hydrogen) atoms. The lowest BCUT2D eigenvalue weighted by atomic mass is 9.84. The van der Waals surface area contributed by atoms with Crippen molar-refractivity contribution in [3.63, 3.8) is 0 Å². The maximum Gasteiger partial charge on any atom is 0.304 e. The van der Waals surface area contributed by atoms with E-state index in [9.17, 15) is 9.59 Å². The van der Waals surface area contributed by atoms with Gasteiger partial charge in [0.05, 0.1) is 12.8 Å². The van der Waals surface area contributed by atoms with Gasteiger partial charge in [-0.2, -0.15) is 25.3 Å². The van der Waals surface area contributed by atoms with Gasteiger partial charge in [0.15, 0.2) is 6.29 Å². The van der Waals surface area contributed by atoms with Crippen LogP contribution in [-0.4, -0.2) is 50.2 Å². The van der Waals surface area contributed by atoms with E-state index in [2.05, 4.69) is 25.3 Å². The molecule has 0 saturated heterocycles. The molecular formula is C13H28O6S2. The lowest BCUT2D eigenvalue weighted by Gasteiger charge is -2.28. The van der Waals surface area contributed by atoms with E-state index < -0.39 is 18.2 Å². The second-order valence-electron chi connectivity index (χ2n) is 4.47. The second-order valence-corrected chi connectivity index (χ2v) is 5.36. The highest BCUT2D eigenvalue weighted by Crippen LogP contribution is 2.27. The molecule has 8 heteroatoms. The van der Waals surface area contributed by atoms with Crippen LogP contribution in [0.3, 0.4) is 0 Å². The van der Waals surface area contributed by atoms with Crippen molar-refractivity contribution in [2.45, 2.75) is 52.7 Å². The monoisotopic (exact) mass is 344 g/mol. The average molecular weight is 344 g/mol. The molecule has 0 spiro atoms. The van der Waals surface area contributed by atoms with E-state index in [0.717, 1.165) is 12.8 Å². The summed E-state index contributed by atoms with van der Waals surface area (Å²) in [6, 6.07) is 0. The maximum atomic E-state index is 9.55.